The van der Waals surface area contributed by atoms with Crippen molar-refractivity contribution in [3.8, 4) is 27.7 Å². The summed E-state index contributed by atoms with van der Waals surface area (Å²) in [5, 5.41) is 20.4. The topological polar surface area (TPSA) is 70.0 Å². The number of likely N-dealkylation sites (tertiary alicyclic amines) is 1. The number of benzene rings is 3. The number of phenols is 2. The third-order valence-electron chi connectivity index (χ3n) is 6.02. The van der Waals surface area contributed by atoms with E-state index in [2.05, 4.69) is 4.90 Å². The molecule has 34 heavy (non-hydrogen) atoms. The maximum Gasteiger partial charge on any atom is 0.195 e. The van der Waals surface area contributed by atoms with E-state index in [1.807, 2.05) is 12.1 Å². The lowest BCUT2D eigenvalue weighted by molar-refractivity contribution is 0.104. The monoisotopic (exact) mass is 495 g/mol. The quantitative estimate of drug-likeness (QED) is 0.303. The molecule has 0 atom stereocenters. The van der Waals surface area contributed by atoms with Gasteiger partial charge in [0.05, 0.1) is 0 Å². The zero-order chi connectivity index (χ0) is 22.8. The molecule has 0 unspecified atom stereocenters. The fraction of sp³-hybridized carbons (Fsp3) is 0.222. The van der Waals surface area contributed by atoms with E-state index in [0.29, 0.717) is 17.7 Å². The van der Waals surface area contributed by atoms with Crippen molar-refractivity contribution in [1.29, 1.82) is 0 Å². The molecule has 1 saturated heterocycles. The molecule has 0 amide bonds. The molecule has 2 N–H and O–H groups in total. The van der Waals surface area contributed by atoms with Crippen molar-refractivity contribution in [3.63, 3.8) is 0 Å². The fourth-order valence-corrected chi connectivity index (χ4v) is 5.51. The van der Waals surface area contributed by atoms with Crippen molar-refractivity contribution >= 4 is 39.6 Å². The maximum atomic E-state index is 13.6. The molecule has 3 aromatic carbocycles. The largest absolute Gasteiger partial charge is 0.508 e. The van der Waals surface area contributed by atoms with E-state index in [4.69, 9.17) is 4.74 Å². The Hall–Kier alpha value is -3.06. The van der Waals surface area contributed by atoms with Gasteiger partial charge >= 0.3 is 0 Å². The second-order valence-electron chi connectivity index (χ2n) is 8.28. The molecule has 0 saturated carbocycles. The summed E-state index contributed by atoms with van der Waals surface area (Å²) in [6.45, 7) is 3.85. The van der Waals surface area contributed by atoms with Crippen LogP contribution < -0.4 is 4.74 Å². The summed E-state index contributed by atoms with van der Waals surface area (Å²) in [5.74, 6) is 1.00. The van der Waals surface area contributed by atoms with E-state index in [1.54, 1.807) is 54.6 Å². The summed E-state index contributed by atoms with van der Waals surface area (Å²) in [5.41, 5.74) is 2.02. The number of hydrogen-bond acceptors (Lipinski definition) is 6. The minimum Gasteiger partial charge on any atom is -0.508 e. The number of thiophene rings is 1. The summed E-state index contributed by atoms with van der Waals surface area (Å²) >= 11 is 1.45. The highest BCUT2D eigenvalue weighted by atomic mass is 35.5. The zero-order valence-corrected chi connectivity index (χ0v) is 20.2. The maximum absolute atomic E-state index is 13.6. The number of ketones is 1. The highest BCUT2D eigenvalue weighted by Crippen LogP contribution is 2.41. The predicted molar refractivity (Wildman–Crippen MR) is 139 cm³/mol. The molecule has 5 rings (SSSR count). The summed E-state index contributed by atoms with van der Waals surface area (Å²) in [7, 11) is 0. The number of phenolic OH excluding ortho intramolecular Hbond substituents is 2. The molecule has 0 bridgehead atoms. The van der Waals surface area contributed by atoms with Crippen molar-refractivity contribution in [2.45, 2.75) is 12.8 Å². The Kier molecular flexibility index (Phi) is 7.41. The average Bonchev–Trinajstić information content (AvgIpc) is 3.47. The van der Waals surface area contributed by atoms with Gasteiger partial charge in [-0.2, -0.15) is 0 Å². The number of halogens is 1. The minimum absolute atomic E-state index is 0. The van der Waals surface area contributed by atoms with Crippen LogP contribution in [0.2, 0.25) is 0 Å². The summed E-state index contributed by atoms with van der Waals surface area (Å²) in [4.78, 5) is 16.8. The first kappa shape index (κ1) is 24.1. The van der Waals surface area contributed by atoms with Crippen LogP contribution in [0.4, 0.5) is 0 Å². The number of fused-ring (bicyclic) bond motifs is 1. The van der Waals surface area contributed by atoms with Gasteiger partial charge in [0.1, 0.15) is 23.9 Å². The van der Waals surface area contributed by atoms with Crippen molar-refractivity contribution in [2.75, 3.05) is 26.2 Å². The zero-order valence-electron chi connectivity index (χ0n) is 18.6. The number of nitrogens with zero attached hydrogens (tertiary/aromatic N) is 1. The lowest BCUT2D eigenvalue weighted by Crippen LogP contribution is -2.25. The van der Waals surface area contributed by atoms with Crippen LogP contribution in [0.1, 0.15) is 28.8 Å². The van der Waals surface area contributed by atoms with Crippen molar-refractivity contribution in [1.82, 2.24) is 4.90 Å². The molecule has 176 valence electrons. The van der Waals surface area contributed by atoms with E-state index < -0.39 is 0 Å². The lowest BCUT2D eigenvalue weighted by Gasteiger charge is -2.15. The first-order valence-electron chi connectivity index (χ1n) is 11.1. The van der Waals surface area contributed by atoms with Gasteiger partial charge in [-0.3, -0.25) is 9.69 Å². The molecule has 1 fully saturated rings. The van der Waals surface area contributed by atoms with Crippen LogP contribution in [0.25, 0.3) is 20.5 Å². The molecule has 0 spiro atoms. The van der Waals surface area contributed by atoms with Gasteiger partial charge in [-0.15, -0.1) is 23.7 Å². The SMILES string of the molecule is Cl.O=C(c1ccc(OCCN2CCCC2)cc1)c1c(-c2ccc(O)cc2)sc2cc(O)ccc12. The van der Waals surface area contributed by atoms with Gasteiger partial charge in [0.25, 0.3) is 0 Å². The van der Waals surface area contributed by atoms with Gasteiger partial charge in [-0.05, 0) is 98.2 Å². The first-order valence-corrected chi connectivity index (χ1v) is 11.9. The summed E-state index contributed by atoms with van der Waals surface area (Å²) in [6, 6.07) is 19.2. The van der Waals surface area contributed by atoms with Gasteiger partial charge in [-0.1, -0.05) is 0 Å². The van der Waals surface area contributed by atoms with E-state index in [-0.39, 0.29) is 29.7 Å². The van der Waals surface area contributed by atoms with Crippen molar-refractivity contribution in [2.24, 2.45) is 0 Å². The number of hydrogen-bond donors (Lipinski definition) is 2. The Bertz CT molecular complexity index is 1280. The van der Waals surface area contributed by atoms with Crippen molar-refractivity contribution in [3.05, 3.63) is 77.9 Å². The number of aromatic hydroxyl groups is 2. The van der Waals surface area contributed by atoms with E-state index >= 15 is 0 Å². The molecule has 7 heteroatoms. The third kappa shape index (κ3) is 5.04. The molecule has 5 nitrogen and oxygen atoms in total. The molecular weight excluding hydrogens is 470 g/mol. The Balaban J connectivity index is 0.00000274. The molecule has 1 aliphatic heterocycles. The van der Waals surface area contributed by atoms with Crippen LogP contribution in [-0.4, -0.2) is 47.1 Å². The Morgan fingerprint density at radius 3 is 2.29 bits per heavy atom. The Labute approximate surface area is 208 Å². The number of rotatable bonds is 7. The first-order chi connectivity index (χ1) is 16.1. The highest BCUT2D eigenvalue weighted by molar-refractivity contribution is 7.22. The second kappa shape index (κ2) is 10.5. The van der Waals surface area contributed by atoms with Crippen LogP contribution >= 0.6 is 23.7 Å². The molecule has 1 aliphatic rings. The standard InChI is InChI=1S/C27H25NO4S.ClH/c29-20-7-3-19(4-8-20)27-25(23-12-9-21(30)17-24(23)33-27)26(31)18-5-10-22(11-6-18)32-16-15-28-13-1-2-14-28;/h3-12,17,29-30H,1-2,13-16H2;1H. The summed E-state index contributed by atoms with van der Waals surface area (Å²) in [6.07, 6.45) is 2.53. The van der Waals surface area contributed by atoms with Gasteiger partial charge < -0.3 is 14.9 Å². The van der Waals surface area contributed by atoms with Gasteiger partial charge in [-0.25, -0.2) is 0 Å². The Morgan fingerprint density at radius 2 is 1.59 bits per heavy atom. The number of ether oxygens (including phenoxy) is 1. The smallest absolute Gasteiger partial charge is 0.195 e. The lowest BCUT2D eigenvalue weighted by atomic mass is 9.97. The van der Waals surface area contributed by atoms with Crippen LogP contribution in [-0.2, 0) is 0 Å². The second-order valence-corrected chi connectivity index (χ2v) is 9.34. The summed E-state index contributed by atoms with van der Waals surface area (Å²) < 4.78 is 6.72. The molecule has 0 radical (unpaired) electrons. The normalized spacial score (nSPS) is 13.6. The van der Waals surface area contributed by atoms with Crippen LogP contribution in [0.3, 0.4) is 0 Å². The van der Waals surface area contributed by atoms with Gasteiger partial charge in [0, 0.05) is 32.6 Å². The minimum atomic E-state index is -0.0846. The Morgan fingerprint density at radius 1 is 0.912 bits per heavy atom. The molecule has 4 aromatic rings. The van der Waals surface area contributed by atoms with E-state index in [1.165, 1.54) is 24.2 Å². The predicted octanol–water partition coefficient (Wildman–Crippen LogP) is 6.11. The molecule has 0 aliphatic carbocycles. The van der Waals surface area contributed by atoms with Crippen LogP contribution in [0, 0.1) is 0 Å². The van der Waals surface area contributed by atoms with Gasteiger partial charge in [0.2, 0.25) is 0 Å². The average molecular weight is 496 g/mol. The van der Waals surface area contributed by atoms with E-state index in [9.17, 15) is 15.0 Å². The fourth-order valence-electron chi connectivity index (χ4n) is 4.27. The van der Waals surface area contributed by atoms with Crippen LogP contribution in [0.5, 0.6) is 17.2 Å². The van der Waals surface area contributed by atoms with Gasteiger partial charge in [0.15, 0.2) is 5.78 Å². The molecular formula is C27H26ClNO4S. The molecule has 2 heterocycles. The van der Waals surface area contributed by atoms with E-state index in [0.717, 1.165) is 45.9 Å². The number of carbonyl (C=O) groups is 1. The number of carbonyl (C=O) groups excluding carboxylic acids is 1. The highest BCUT2D eigenvalue weighted by Gasteiger charge is 2.22. The molecule has 1 aromatic heterocycles. The van der Waals surface area contributed by atoms with Crippen LogP contribution in [0.15, 0.2) is 66.7 Å². The van der Waals surface area contributed by atoms with Crippen molar-refractivity contribution < 1.29 is 19.7 Å². The third-order valence-corrected chi connectivity index (χ3v) is 7.22.